The van der Waals surface area contributed by atoms with Crippen LogP contribution in [0.3, 0.4) is 0 Å². The number of rotatable bonds is 6. The molecule has 0 aliphatic carbocycles. The topological polar surface area (TPSA) is 66.4 Å². The SMILES string of the molecule is CSC(C)(C)CNS(=O)(=O)c1ccsc1CO. The molecule has 1 aromatic rings. The highest BCUT2D eigenvalue weighted by atomic mass is 32.2. The second-order valence-corrected chi connectivity index (χ2v) is 8.40. The quantitative estimate of drug-likeness (QED) is 0.837. The number of nitrogens with one attached hydrogen (secondary N) is 1. The Morgan fingerprint density at radius 2 is 2.18 bits per heavy atom. The molecule has 0 aliphatic rings. The van der Waals surface area contributed by atoms with Gasteiger partial charge in [-0.2, -0.15) is 11.8 Å². The molecule has 0 radical (unpaired) electrons. The summed E-state index contributed by atoms with van der Waals surface area (Å²) in [6.07, 6.45) is 1.94. The molecule has 4 nitrogen and oxygen atoms in total. The molecule has 98 valence electrons. The molecule has 0 saturated heterocycles. The minimum absolute atomic E-state index is 0.150. The number of aliphatic hydroxyl groups is 1. The Balaban J connectivity index is 2.83. The van der Waals surface area contributed by atoms with Gasteiger partial charge in [0.2, 0.25) is 10.0 Å². The first-order valence-corrected chi connectivity index (χ1v) is 8.63. The Morgan fingerprint density at radius 3 is 2.71 bits per heavy atom. The molecule has 0 fully saturated rings. The van der Waals surface area contributed by atoms with Gasteiger partial charge in [-0.3, -0.25) is 0 Å². The molecule has 0 bridgehead atoms. The van der Waals surface area contributed by atoms with Crippen molar-refractivity contribution < 1.29 is 13.5 Å². The zero-order chi connectivity index (χ0) is 13.1. The average Bonchev–Trinajstić information content (AvgIpc) is 2.75. The predicted octanol–water partition coefficient (Wildman–Crippen LogP) is 1.66. The summed E-state index contributed by atoms with van der Waals surface area (Å²) in [5, 5.41) is 10.7. The van der Waals surface area contributed by atoms with Gasteiger partial charge in [0, 0.05) is 16.2 Å². The van der Waals surface area contributed by atoms with Crippen LogP contribution < -0.4 is 4.72 Å². The van der Waals surface area contributed by atoms with Crippen molar-refractivity contribution in [2.24, 2.45) is 0 Å². The summed E-state index contributed by atoms with van der Waals surface area (Å²) in [6, 6.07) is 1.52. The smallest absolute Gasteiger partial charge is 0.241 e. The van der Waals surface area contributed by atoms with Crippen molar-refractivity contribution in [3.05, 3.63) is 16.3 Å². The number of thiophene rings is 1. The average molecular weight is 295 g/mol. The van der Waals surface area contributed by atoms with Crippen LogP contribution in [0.15, 0.2) is 16.3 Å². The van der Waals surface area contributed by atoms with E-state index in [0.717, 1.165) is 0 Å². The molecule has 17 heavy (non-hydrogen) atoms. The molecule has 0 unspecified atom stereocenters. The van der Waals surface area contributed by atoms with E-state index < -0.39 is 10.0 Å². The van der Waals surface area contributed by atoms with Crippen molar-refractivity contribution >= 4 is 33.1 Å². The lowest BCUT2D eigenvalue weighted by Gasteiger charge is -2.22. The second kappa shape index (κ2) is 5.71. The van der Waals surface area contributed by atoms with Crippen LogP contribution in [-0.2, 0) is 16.6 Å². The maximum atomic E-state index is 12.0. The van der Waals surface area contributed by atoms with Gasteiger partial charge in [0.15, 0.2) is 0 Å². The maximum absolute atomic E-state index is 12.0. The highest BCUT2D eigenvalue weighted by Gasteiger charge is 2.23. The van der Waals surface area contributed by atoms with Crippen LogP contribution in [0.5, 0.6) is 0 Å². The third-order valence-corrected chi connectivity index (χ3v) is 6.15. The van der Waals surface area contributed by atoms with Crippen LogP contribution >= 0.6 is 23.1 Å². The van der Waals surface area contributed by atoms with Crippen molar-refractivity contribution in [1.82, 2.24) is 4.72 Å². The molecule has 0 aliphatic heterocycles. The number of hydrogen-bond donors (Lipinski definition) is 2. The fourth-order valence-electron chi connectivity index (χ4n) is 1.10. The summed E-state index contributed by atoms with van der Waals surface area (Å²) in [4.78, 5) is 0.654. The first-order chi connectivity index (χ1) is 7.82. The molecule has 0 saturated carbocycles. The minimum atomic E-state index is -3.52. The van der Waals surface area contributed by atoms with E-state index in [-0.39, 0.29) is 16.2 Å². The van der Waals surface area contributed by atoms with Crippen molar-refractivity contribution in [3.8, 4) is 0 Å². The van der Waals surface area contributed by atoms with Gasteiger partial charge >= 0.3 is 0 Å². The molecular formula is C10H17NO3S3. The largest absolute Gasteiger partial charge is 0.391 e. The van der Waals surface area contributed by atoms with E-state index in [1.165, 1.54) is 17.4 Å². The van der Waals surface area contributed by atoms with Crippen LogP contribution in [0.2, 0.25) is 0 Å². The van der Waals surface area contributed by atoms with E-state index in [0.29, 0.717) is 11.4 Å². The molecule has 7 heteroatoms. The van der Waals surface area contributed by atoms with Gasteiger partial charge in [-0.1, -0.05) is 0 Å². The van der Waals surface area contributed by atoms with Gasteiger partial charge in [0.05, 0.1) is 11.5 Å². The normalized spacial score (nSPS) is 12.9. The first-order valence-electron chi connectivity index (χ1n) is 5.04. The van der Waals surface area contributed by atoms with Crippen LogP contribution in [0, 0.1) is 0 Å². The lowest BCUT2D eigenvalue weighted by atomic mass is 10.2. The monoisotopic (exact) mass is 295 g/mol. The summed E-state index contributed by atoms with van der Waals surface area (Å²) in [5.41, 5.74) is 0. The summed E-state index contributed by atoms with van der Waals surface area (Å²) in [6.45, 7) is 4.05. The van der Waals surface area contributed by atoms with E-state index in [4.69, 9.17) is 5.11 Å². The zero-order valence-electron chi connectivity index (χ0n) is 10.1. The Morgan fingerprint density at radius 1 is 1.53 bits per heavy atom. The Hall–Kier alpha value is -0.0800. The van der Waals surface area contributed by atoms with Crippen LogP contribution in [-0.4, -0.2) is 31.1 Å². The highest BCUT2D eigenvalue weighted by Crippen LogP contribution is 2.24. The fourth-order valence-corrected chi connectivity index (χ4v) is 3.91. The number of hydrogen-bond acceptors (Lipinski definition) is 5. The molecule has 0 spiro atoms. The minimum Gasteiger partial charge on any atom is -0.391 e. The summed E-state index contributed by atoms with van der Waals surface area (Å²) in [7, 11) is -3.52. The van der Waals surface area contributed by atoms with E-state index in [1.54, 1.807) is 17.1 Å². The first kappa shape index (κ1) is 15.0. The summed E-state index contributed by atoms with van der Waals surface area (Å²) >= 11 is 2.84. The van der Waals surface area contributed by atoms with E-state index in [1.807, 2.05) is 20.1 Å². The molecule has 1 aromatic heterocycles. The van der Waals surface area contributed by atoms with E-state index >= 15 is 0 Å². The number of sulfonamides is 1. The van der Waals surface area contributed by atoms with Crippen LogP contribution in [0.1, 0.15) is 18.7 Å². The Bertz CT molecular complexity index is 465. The predicted molar refractivity (Wildman–Crippen MR) is 73.0 cm³/mol. The van der Waals surface area contributed by atoms with Crippen molar-refractivity contribution in [1.29, 1.82) is 0 Å². The fraction of sp³-hybridized carbons (Fsp3) is 0.600. The Kier molecular flexibility index (Phi) is 5.03. The zero-order valence-corrected chi connectivity index (χ0v) is 12.5. The van der Waals surface area contributed by atoms with E-state index in [9.17, 15) is 8.42 Å². The molecule has 0 amide bonds. The molecule has 1 rings (SSSR count). The number of aliphatic hydroxyl groups excluding tert-OH is 1. The van der Waals surface area contributed by atoms with Gasteiger partial charge < -0.3 is 5.11 Å². The standard InChI is InChI=1S/C10H17NO3S3/c1-10(2,15-3)7-11-17(13,14)9-4-5-16-8(9)6-12/h4-5,11-12H,6-7H2,1-3H3. The molecule has 0 aromatic carbocycles. The molecule has 1 heterocycles. The van der Waals surface area contributed by atoms with Gasteiger partial charge in [-0.25, -0.2) is 13.1 Å². The van der Waals surface area contributed by atoms with Gasteiger partial charge in [0.1, 0.15) is 0 Å². The Labute approximate surface area is 110 Å². The second-order valence-electron chi connectivity index (χ2n) is 4.15. The van der Waals surface area contributed by atoms with Gasteiger partial charge in [0.25, 0.3) is 0 Å². The lowest BCUT2D eigenvalue weighted by Crippen LogP contribution is -2.36. The van der Waals surface area contributed by atoms with Crippen molar-refractivity contribution in [2.75, 3.05) is 12.8 Å². The third-order valence-electron chi connectivity index (χ3n) is 2.38. The summed E-state index contributed by atoms with van der Waals surface area (Å²) in [5.74, 6) is 0. The van der Waals surface area contributed by atoms with Gasteiger partial charge in [-0.15, -0.1) is 11.3 Å². The summed E-state index contributed by atoms with van der Waals surface area (Å²) < 4.78 is 26.4. The van der Waals surface area contributed by atoms with Crippen molar-refractivity contribution in [3.63, 3.8) is 0 Å². The van der Waals surface area contributed by atoms with Gasteiger partial charge in [-0.05, 0) is 31.5 Å². The van der Waals surface area contributed by atoms with Crippen molar-refractivity contribution in [2.45, 2.75) is 30.1 Å². The lowest BCUT2D eigenvalue weighted by molar-refractivity contribution is 0.282. The molecule has 0 atom stereocenters. The van der Waals surface area contributed by atoms with Crippen LogP contribution in [0.25, 0.3) is 0 Å². The maximum Gasteiger partial charge on any atom is 0.241 e. The third kappa shape index (κ3) is 3.96. The molecular weight excluding hydrogens is 278 g/mol. The molecule has 2 N–H and O–H groups in total. The van der Waals surface area contributed by atoms with Crippen LogP contribution in [0.4, 0.5) is 0 Å². The van der Waals surface area contributed by atoms with E-state index in [2.05, 4.69) is 4.72 Å². The number of thioether (sulfide) groups is 1. The highest BCUT2D eigenvalue weighted by molar-refractivity contribution is 8.00.